The van der Waals surface area contributed by atoms with Gasteiger partial charge in [0.1, 0.15) is 0 Å². The van der Waals surface area contributed by atoms with Gasteiger partial charge < -0.3 is 0 Å². The Morgan fingerprint density at radius 1 is 0.909 bits per heavy atom. The lowest BCUT2D eigenvalue weighted by molar-refractivity contribution is 0.577. The second kappa shape index (κ2) is 6.10. The van der Waals surface area contributed by atoms with Crippen molar-refractivity contribution >= 4 is 15.7 Å². The zero-order chi connectivity index (χ0) is 16.4. The zero-order valence-electron chi connectivity index (χ0n) is 13.4. The molecule has 22 heavy (non-hydrogen) atoms. The van der Waals surface area contributed by atoms with Gasteiger partial charge in [0.05, 0.1) is 10.6 Å². The number of nitrogens with one attached hydrogen (secondary N) is 1. The number of anilines is 1. The summed E-state index contributed by atoms with van der Waals surface area (Å²) in [5.41, 5.74) is 1.87. The summed E-state index contributed by atoms with van der Waals surface area (Å²) in [6.07, 6.45) is 0. The normalized spacial score (nSPS) is 12.2. The third-order valence-corrected chi connectivity index (χ3v) is 4.84. The van der Waals surface area contributed by atoms with Crippen molar-refractivity contribution in [1.82, 2.24) is 4.83 Å². The summed E-state index contributed by atoms with van der Waals surface area (Å²) in [6.45, 7) is 6.29. The molecule has 0 aliphatic heterocycles. The fraction of sp³-hybridized carbons (Fsp3) is 0.294. The maximum absolute atomic E-state index is 12.4. The first kappa shape index (κ1) is 16.5. The molecule has 1 N–H and O–H groups in total. The highest BCUT2D eigenvalue weighted by molar-refractivity contribution is 7.89. The Morgan fingerprint density at radius 3 is 1.95 bits per heavy atom. The van der Waals surface area contributed by atoms with Crippen molar-refractivity contribution in [2.24, 2.45) is 0 Å². The van der Waals surface area contributed by atoms with Gasteiger partial charge in [0, 0.05) is 7.05 Å². The molecule has 0 fully saturated rings. The number of hydrogen-bond acceptors (Lipinski definition) is 3. The fourth-order valence-electron chi connectivity index (χ4n) is 2.07. The van der Waals surface area contributed by atoms with Gasteiger partial charge in [-0.15, -0.1) is 4.83 Å². The van der Waals surface area contributed by atoms with Gasteiger partial charge in [-0.1, -0.05) is 51.1 Å². The highest BCUT2D eigenvalue weighted by Crippen LogP contribution is 2.23. The molecule has 2 aromatic rings. The molecule has 2 aromatic carbocycles. The van der Waals surface area contributed by atoms with Crippen LogP contribution in [0.1, 0.15) is 26.3 Å². The molecule has 0 spiro atoms. The lowest BCUT2D eigenvalue weighted by Gasteiger charge is -2.21. The van der Waals surface area contributed by atoms with Crippen LogP contribution in [0.5, 0.6) is 0 Å². The Balaban J connectivity index is 2.20. The average molecular weight is 318 g/mol. The van der Waals surface area contributed by atoms with E-state index in [-0.39, 0.29) is 10.3 Å². The summed E-state index contributed by atoms with van der Waals surface area (Å²) in [6, 6.07) is 16.3. The maximum atomic E-state index is 12.4. The number of sulfonamides is 1. The first-order valence-corrected chi connectivity index (χ1v) is 8.60. The largest absolute Gasteiger partial charge is 0.298 e. The van der Waals surface area contributed by atoms with Crippen LogP contribution < -0.4 is 9.84 Å². The van der Waals surface area contributed by atoms with E-state index in [0.29, 0.717) is 0 Å². The van der Waals surface area contributed by atoms with E-state index < -0.39 is 10.0 Å². The Morgan fingerprint density at radius 2 is 1.45 bits per heavy atom. The molecule has 0 amide bonds. The van der Waals surface area contributed by atoms with Crippen LogP contribution in [0.25, 0.3) is 0 Å². The Bertz CT molecular complexity index is 718. The summed E-state index contributed by atoms with van der Waals surface area (Å²) in [7, 11) is -1.92. The molecule has 5 heteroatoms. The molecule has 0 unspecified atom stereocenters. The molecule has 0 aromatic heterocycles. The fourth-order valence-corrected chi connectivity index (χ4v) is 3.14. The summed E-state index contributed by atoms with van der Waals surface area (Å²) in [5.74, 6) is 0. The van der Waals surface area contributed by atoms with Gasteiger partial charge in [-0.25, -0.2) is 8.42 Å². The second-order valence-electron chi connectivity index (χ2n) is 6.26. The minimum atomic E-state index is -3.59. The van der Waals surface area contributed by atoms with Gasteiger partial charge in [0.2, 0.25) is 0 Å². The molecule has 0 saturated carbocycles. The summed E-state index contributed by atoms with van der Waals surface area (Å²) in [4.78, 5) is 2.81. The lowest BCUT2D eigenvalue weighted by Crippen LogP contribution is -2.39. The van der Waals surface area contributed by atoms with Crippen LogP contribution >= 0.6 is 0 Å². The van der Waals surface area contributed by atoms with E-state index in [4.69, 9.17) is 0 Å². The van der Waals surface area contributed by atoms with Crippen LogP contribution in [-0.2, 0) is 15.4 Å². The molecule has 0 radical (unpaired) electrons. The molecule has 0 atom stereocenters. The van der Waals surface area contributed by atoms with Crippen LogP contribution in [0.3, 0.4) is 0 Å². The number of hydrazine groups is 1. The smallest absolute Gasteiger partial charge is 0.257 e. The van der Waals surface area contributed by atoms with Crippen molar-refractivity contribution in [3.05, 3.63) is 60.2 Å². The second-order valence-corrected chi connectivity index (χ2v) is 7.92. The monoisotopic (exact) mass is 318 g/mol. The summed E-state index contributed by atoms with van der Waals surface area (Å²) >= 11 is 0. The minimum Gasteiger partial charge on any atom is -0.298 e. The number of rotatable bonds is 4. The molecule has 0 heterocycles. The quantitative estimate of drug-likeness (QED) is 0.880. The highest BCUT2D eigenvalue weighted by atomic mass is 32.2. The van der Waals surface area contributed by atoms with E-state index in [9.17, 15) is 8.42 Å². The SMILES string of the molecule is CN(NS(=O)(=O)c1ccc(C(C)(C)C)cc1)c1ccccc1. The number of hydrogen-bond donors (Lipinski definition) is 1. The first-order valence-electron chi connectivity index (χ1n) is 7.12. The molecular formula is C17H22N2O2S. The van der Waals surface area contributed by atoms with E-state index >= 15 is 0 Å². The van der Waals surface area contributed by atoms with E-state index in [1.807, 2.05) is 42.5 Å². The first-order chi connectivity index (χ1) is 10.2. The van der Waals surface area contributed by atoms with Gasteiger partial charge >= 0.3 is 0 Å². The maximum Gasteiger partial charge on any atom is 0.257 e. The van der Waals surface area contributed by atoms with Crippen molar-refractivity contribution in [1.29, 1.82) is 0 Å². The van der Waals surface area contributed by atoms with Crippen molar-refractivity contribution < 1.29 is 8.42 Å². The Kier molecular flexibility index (Phi) is 4.58. The molecular weight excluding hydrogens is 296 g/mol. The van der Waals surface area contributed by atoms with Gasteiger partial charge in [0.15, 0.2) is 0 Å². The van der Waals surface area contributed by atoms with E-state index in [0.717, 1.165) is 11.3 Å². The van der Waals surface area contributed by atoms with Gasteiger partial charge in [0.25, 0.3) is 10.0 Å². The Labute approximate surface area is 132 Å². The molecule has 118 valence electrons. The molecule has 0 bridgehead atoms. The topological polar surface area (TPSA) is 49.4 Å². The summed E-state index contributed by atoms with van der Waals surface area (Å²) < 4.78 is 24.8. The Hall–Kier alpha value is -1.85. The van der Waals surface area contributed by atoms with E-state index in [2.05, 4.69) is 25.6 Å². The highest BCUT2D eigenvalue weighted by Gasteiger charge is 2.19. The van der Waals surface area contributed by atoms with Gasteiger partial charge in [-0.3, -0.25) is 5.01 Å². The molecule has 0 aliphatic carbocycles. The number of para-hydroxylation sites is 1. The minimum absolute atomic E-state index is 0.00342. The predicted molar refractivity (Wildman–Crippen MR) is 90.3 cm³/mol. The van der Waals surface area contributed by atoms with Gasteiger partial charge in [-0.05, 0) is 35.2 Å². The third-order valence-electron chi connectivity index (χ3n) is 3.43. The van der Waals surface area contributed by atoms with Gasteiger partial charge in [-0.2, -0.15) is 0 Å². The van der Waals surface area contributed by atoms with Crippen LogP contribution in [0.4, 0.5) is 5.69 Å². The molecule has 4 nitrogen and oxygen atoms in total. The van der Waals surface area contributed by atoms with Crippen LogP contribution in [-0.4, -0.2) is 15.5 Å². The van der Waals surface area contributed by atoms with Crippen molar-refractivity contribution in [3.63, 3.8) is 0 Å². The molecule has 0 aliphatic rings. The molecule has 2 rings (SSSR count). The summed E-state index contributed by atoms with van der Waals surface area (Å²) in [5, 5.41) is 1.49. The van der Waals surface area contributed by atoms with Crippen LogP contribution in [0.2, 0.25) is 0 Å². The number of nitrogens with zero attached hydrogens (tertiary/aromatic N) is 1. The van der Waals surface area contributed by atoms with Crippen molar-refractivity contribution in [2.75, 3.05) is 12.1 Å². The van der Waals surface area contributed by atoms with Crippen molar-refractivity contribution in [2.45, 2.75) is 31.1 Å². The average Bonchev–Trinajstić information content (AvgIpc) is 2.47. The van der Waals surface area contributed by atoms with Crippen LogP contribution in [0.15, 0.2) is 59.5 Å². The van der Waals surface area contributed by atoms with Crippen molar-refractivity contribution in [3.8, 4) is 0 Å². The van der Waals surface area contributed by atoms with E-state index in [1.165, 1.54) is 5.01 Å². The lowest BCUT2D eigenvalue weighted by atomic mass is 9.87. The third kappa shape index (κ3) is 3.87. The number of benzene rings is 2. The van der Waals surface area contributed by atoms with Crippen LogP contribution in [0, 0.1) is 0 Å². The predicted octanol–water partition coefficient (Wildman–Crippen LogP) is 3.31. The standard InChI is InChI=1S/C17H22N2O2S/c1-17(2,3)14-10-12-16(13-11-14)22(20,21)18-19(4)15-8-6-5-7-9-15/h5-13,18H,1-4H3. The zero-order valence-corrected chi connectivity index (χ0v) is 14.2. The molecule has 0 saturated heterocycles. The van der Waals surface area contributed by atoms with E-state index in [1.54, 1.807) is 19.2 Å².